The number of fused-ring (bicyclic) bond motifs is 2. The van der Waals surface area contributed by atoms with E-state index in [2.05, 4.69) is 42.5 Å². The molecule has 0 aliphatic carbocycles. The van der Waals surface area contributed by atoms with Crippen molar-refractivity contribution in [2.45, 2.75) is 39.5 Å². The van der Waals surface area contributed by atoms with E-state index in [-0.39, 0.29) is 11.6 Å². The number of nitrogens with one attached hydrogen (secondary N) is 2. The van der Waals surface area contributed by atoms with Crippen LogP contribution in [-0.2, 0) is 0 Å². The van der Waals surface area contributed by atoms with Crippen LogP contribution in [0, 0.1) is 36.5 Å². The lowest BCUT2D eigenvalue weighted by atomic mass is 9.96. The molecule has 12 nitrogen and oxygen atoms in total. The molecule has 6 N–H and O–H groups in total. The lowest BCUT2D eigenvalue weighted by molar-refractivity contribution is 0.288. The Morgan fingerprint density at radius 1 is 0.652 bits per heavy atom. The minimum absolute atomic E-state index is 0.136. The number of hydrogen-bond donors (Lipinski definition) is 4. The number of aromatic amines is 2. The Labute approximate surface area is 265 Å². The van der Waals surface area contributed by atoms with E-state index in [1.165, 1.54) is 0 Å². The molecular formula is C34H32N10O2. The molecule has 0 unspecified atom stereocenters. The van der Waals surface area contributed by atoms with Crippen molar-refractivity contribution in [3.05, 3.63) is 71.0 Å². The van der Waals surface area contributed by atoms with E-state index >= 15 is 0 Å². The summed E-state index contributed by atoms with van der Waals surface area (Å²) < 4.78 is 12.4. The van der Waals surface area contributed by atoms with Crippen molar-refractivity contribution >= 4 is 33.7 Å². The fourth-order valence-corrected chi connectivity index (χ4v) is 5.72. The quantitative estimate of drug-likeness (QED) is 0.124. The molecule has 0 bridgehead atoms. The van der Waals surface area contributed by atoms with E-state index in [0.29, 0.717) is 58.3 Å². The van der Waals surface area contributed by atoms with Gasteiger partial charge < -0.3 is 20.9 Å². The second kappa shape index (κ2) is 12.8. The molecular weight excluding hydrogens is 580 g/mol. The molecule has 6 rings (SSSR count). The normalized spacial score (nSPS) is 11.0. The van der Waals surface area contributed by atoms with Crippen LogP contribution in [0.5, 0.6) is 11.5 Å². The van der Waals surface area contributed by atoms with Crippen LogP contribution in [0.25, 0.3) is 44.3 Å². The van der Waals surface area contributed by atoms with E-state index < -0.39 is 0 Å². The van der Waals surface area contributed by atoms with E-state index in [1.807, 2.05) is 62.4 Å². The van der Waals surface area contributed by atoms with Crippen molar-refractivity contribution in [1.82, 2.24) is 30.4 Å². The molecule has 4 aromatic heterocycles. The molecule has 4 heterocycles. The molecule has 12 heteroatoms. The highest BCUT2D eigenvalue weighted by atomic mass is 16.5. The van der Waals surface area contributed by atoms with Gasteiger partial charge in [-0.2, -0.15) is 20.7 Å². The van der Waals surface area contributed by atoms with Crippen molar-refractivity contribution in [2.75, 3.05) is 24.7 Å². The largest absolute Gasteiger partial charge is 0.493 e. The number of nitrogens with two attached hydrogens (primary N) is 2. The number of nitriles is 2. The Morgan fingerprint density at radius 2 is 1.07 bits per heavy atom. The van der Waals surface area contributed by atoms with Crippen LogP contribution >= 0.6 is 0 Å². The molecule has 6 aromatic rings. The van der Waals surface area contributed by atoms with Gasteiger partial charge in [-0.05, 0) is 51.7 Å². The van der Waals surface area contributed by atoms with Gasteiger partial charge in [0.1, 0.15) is 46.4 Å². The molecule has 0 fully saturated rings. The number of pyridine rings is 2. The van der Waals surface area contributed by atoms with Crippen LogP contribution in [0.3, 0.4) is 0 Å². The number of hydrogen-bond acceptors (Lipinski definition) is 10. The average molecular weight is 613 g/mol. The summed E-state index contributed by atoms with van der Waals surface area (Å²) in [4.78, 5) is 8.59. The zero-order valence-corrected chi connectivity index (χ0v) is 25.5. The SMILES string of the molecule is Cc1[nH]nc2nc(N)c(C#N)c(-c3ccccc3OCCCCCCOc3ccccc3-c3c(C#N)c(N)nc4n[nH]c(C)c34)c12. The minimum Gasteiger partial charge on any atom is -0.493 e. The zero-order valence-electron chi connectivity index (χ0n) is 25.5. The van der Waals surface area contributed by atoms with Gasteiger partial charge in [0, 0.05) is 33.6 Å². The second-order valence-electron chi connectivity index (χ2n) is 10.9. The predicted octanol–water partition coefficient (Wildman–Crippen LogP) is 6.11. The van der Waals surface area contributed by atoms with Crippen LogP contribution in [0.1, 0.15) is 48.2 Å². The molecule has 46 heavy (non-hydrogen) atoms. The molecule has 0 amide bonds. The number of ether oxygens (including phenoxy) is 2. The number of aryl methyl sites for hydroxylation is 2. The van der Waals surface area contributed by atoms with Crippen molar-refractivity contribution < 1.29 is 9.47 Å². The van der Waals surface area contributed by atoms with Gasteiger partial charge in [0.15, 0.2) is 11.3 Å². The summed E-state index contributed by atoms with van der Waals surface area (Å²) >= 11 is 0. The van der Waals surface area contributed by atoms with Gasteiger partial charge in [0.25, 0.3) is 0 Å². The first-order chi connectivity index (χ1) is 22.4. The van der Waals surface area contributed by atoms with Crippen LogP contribution in [0.4, 0.5) is 11.6 Å². The fourth-order valence-electron chi connectivity index (χ4n) is 5.72. The van der Waals surface area contributed by atoms with E-state index in [4.69, 9.17) is 20.9 Å². The number of para-hydroxylation sites is 2. The standard InChI is InChI=1S/C34H32N10O2/c1-19-27-29(23(17-35)31(37)39-33(27)43-41-19)21-11-5-7-13-25(21)45-15-9-3-4-10-16-46-26-14-8-6-12-22(26)30-24(18-36)32(38)40-34-28(30)20(2)42-44-34/h5-8,11-14H,3-4,9-10,15-16H2,1-2H3,(H3,37,39,41,43)(H3,38,40,42,44). The average Bonchev–Trinajstić information content (AvgIpc) is 3.62. The van der Waals surface area contributed by atoms with Crippen LogP contribution in [-0.4, -0.2) is 43.6 Å². The third-order valence-corrected chi connectivity index (χ3v) is 7.91. The Hall–Kier alpha value is -6.14. The summed E-state index contributed by atoms with van der Waals surface area (Å²) in [5, 5.41) is 35.7. The van der Waals surface area contributed by atoms with E-state index in [9.17, 15) is 10.5 Å². The molecule has 0 spiro atoms. The maximum Gasteiger partial charge on any atom is 0.183 e. The predicted molar refractivity (Wildman–Crippen MR) is 176 cm³/mol. The molecule has 0 radical (unpaired) electrons. The van der Waals surface area contributed by atoms with Gasteiger partial charge in [0.05, 0.1) is 24.0 Å². The summed E-state index contributed by atoms with van der Waals surface area (Å²) in [7, 11) is 0. The lowest BCUT2D eigenvalue weighted by Crippen LogP contribution is -2.03. The highest BCUT2D eigenvalue weighted by molar-refractivity contribution is 6.02. The molecule has 0 saturated heterocycles. The number of benzene rings is 2. The van der Waals surface area contributed by atoms with Crippen molar-refractivity contribution in [1.29, 1.82) is 10.5 Å². The van der Waals surface area contributed by atoms with Crippen molar-refractivity contribution in [3.8, 4) is 45.9 Å². The number of nitrogens with zero attached hydrogens (tertiary/aromatic N) is 6. The summed E-state index contributed by atoms with van der Waals surface area (Å²) in [6, 6.07) is 19.7. The Morgan fingerprint density at radius 3 is 1.48 bits per heavy atom. The van der Waals surface area contributed by atoms with Crippen molar-refractivity contribution in [3.63, 3.8) is 0 Å². The third kappa shape index (κ3) is 5.48. The molecule has 230 valence electrons. The number of rotatable bonds is 11. The molecule has 0 aliphatic rings. The molecule has 0 saturated carbocycles. The van der Waals surface area contributed by atoms with Gasteiger partial charge in [-0.25, -0.2) is 9.97 Å². The van der Waals surface area contributed by atoms with Crippen LogP contribution in [0.2, 0.25) is 0 Å². The highest BCUT2D eigenvalue weighted by Gasteiger charge is 2.22. The van der Waals surface area contributed by atoms with E-state index in [1.54, 1.807) is 0 Å². The first kappa shape index (κ1) is 29.9. The van der Waals surface area contributed by atoms with E-state index in [0.717, 1.165) is 59.0 Å². The Bertz CT molecular complexity index is 2000. The van der Waals surface area contributed by atoms with Crippen LogP contribution < -0.4 is 20.9 Å². The topological polar surface area (TPSA) is 201 Å². The van der Waals surface area contributed by atoms with Gasteiger partial charge >= 0.3 is 0 Å². The number of nitrogen functional groups attached to an aromatic ring is 2. The summed E-state index contributed by atoms with van der Waals surface area (Å²) in [6.45, 7) is 4.80. The maximum absolute atomic E-state index is 9.90. The Balaban J connectivity index is 1.08. The third-order valence-electron chi connectivity index (χ3n) is 7.91. The first-order valence-corrected chi connectivity index (χ1v) is 15.0. The molecule has 0 aliphatic heterocycles. The number of H-pyrrole nitrogens is 2. The molecule has 2 aromatic carbocycles. The monoisotopic (exact) mass is 612 g/mol. The molecule has 0 atom stereocenters. The second-order valence-corrected chi connectivity index (χ2v) is 10.9. The van der Waals surface area contributed by atoms with Crippen molar-refractivity contribution in [2.24, 2.45) is 0 Å². The van der Waals surface area contributed by atoms with Gasteiger partial charge in [-0.15, -0.1) is 0 Å². The first-order valence-electron chi connectivity index (χ1n) is 15.0. The van der Waals surface area contributed by atoms with Crippen LogP contribution in [0.15, 0.2) is 48.5 Å². The maximum atomic E-state index is 9.90. The number of aromatic nitrogens is 6. The summed E-state index contributed by atoms with van der Waals surface area (Å²) in [5.41, 5.74) is 18.3. The fraction of sp³-hybridized carbons (Fsp3) is 0.235. The summed E-state index contributed by atoms with van der Waals surface area (Å²) in [5.74, 6) is 1.61. The summed E-state index contributed by atoms with van der Waals surface area (Å²) in [6.07, 6.45) is 3.57. The number of anilines is 2. The minimum atomic E-state index is 0.136. The Kier molecular flexibility index (Phi) is 8.35. The van der Waals surface area contributed by atoms with Gasteiger partial charge in [0.2, 0.25) is 0 Å². The number of unbranched alkanes of at least 4 members (excludes halogenated alkanes) is 3. The zero-order chi connectivity index (χ0) is 32.2. The lowest BCUT2D eigenvalue weighted by Gasteiger charge is -2.15. The highest BCUT2D eigenvalue weighted by Crippen LogP contribution is 2.41. The van der Waals surface area contributed by atoms with Gasteiger partial charge in [-0.1, -0.05) is 36.4 Å². The van der Waals surface area contributed by atoms with Gasteiger partial charge in [-0.3, -0.25) is 10.2 Å². The smallest absolute Gasteiger partial charge is 0.183 e.